The molecule has 0 heterocycles. The highest BCUT2D eigenvalue weighted by molar-refractivity contribution is 5.87. The second-order valence-corrected chi connectivity index (χ2v) is 10.4. The second-order valence-electron chi connectivity index (χ2n) is 10.4. The summed E-state index contributed by atoms with van der Waals surface area (Å²) in [7, 11) is 0. The van der Waals surface area contributed by atoms with Gasteiger partial charge in [-0.15, -0.1) is 0 Å². The van der Waals surface area contributed by atoms with Gasteiger partial charge in [-0.25, -0.2) is 4.79 Å². The third-order valence-corrected chi connectivity index (χ3v) is 6.77. The van der Waals surface area contributed by atoms with E-state index in [4.69, 9.17) is 25.7 Å². The van der Waals surface area contributed by atoms with Crippen molar-refractivity contribution in [1.29, 1.82) is 0 Å². The average molecular weight is 640 g/mol. The molecule has 46 heavy (non-hydrogen) atoms. The van der Waals surface area contributed by atoms with E-state index in [1.165, 1.54) is 60.7 Å². The van der Waals surface area contributed by atoms with Crippen LogP contribution < -0.4 is 20.9 Å². The number of anilines is 2. The normalized spacial score (nSPS) is 11.9. The zero-order valence-electron chi connectivity index (χ0n) is 24.7. The van der Waals surface area contributed by atoms with Gasteiger partial charge < -0.3 is 25.7 Å². The molecule has 0 saturated carbocycles. The van der Waals surface area contributed by atoms with Gasteiger partial charge in [0.25, 0.3) is 0 Å². The summed E-state index contributed by atoms with van der Waals surface area (Å²) in [5.41, 5.74) is 15.9. The maximum Gasteiger partial charge on any atom is 0.426 e. The smallest absolute Gasteiger partial charge is 0.426 e. The van der Waals surface area contributed by atoms with E-state index in [9.17, 15) is 26.7 Å². The van der Waals surface area contributed by atoms with E-state index in [0.717, 1.165) is 11.1 Å². The van der Waals surface area contributed by atoms with Gasteiger partial charge in [-0.3, -0.25) is 0 Å². The molecule has 0 aromatic heterocycles. The molecular weight excluding hydrogens is 607 g/mol. The van der Waals surface area contributed by atoms with Crippen molar-refractivity contribution in [1.82, 2.24) is 0 Å². The predicted octanol–water partition coefficient (Wildman–Crippen LogP) is 8.70. The Morgan fingerprint density at radius 1 is 0.783 bits per heavy atom. The van der Waals surface area contributed by atoms with Crippen LogP contribution in [0.4, 0.5) is 33.3 Å². The molecule has 0 atom stereocenters. The number of alkyl halides is 5. The Labute approximate surface area is 263 Å². The van der Waals surface area contributed by atoms with Crippen LogP contribution in [0.3, 0.4) is 0 Å². The SMILES string of the molecule is [CH2]c1cc(N)ccc1-c1ccc(N)cc1COC(=O)/C=C/c1ccc(C(F)(F)Oc2ccc(OCCCCC(F)(F)F)cc2)cc1. The van der Waals surface area contributed by atoms with Crippen LogP contribution in [0.2, 0.25) is 0 Å². The number of halogens is 5. The van der Waals surface area contributed by atoms with Crippen molar-refractivity contribution in [3.63, 3.8) is 0 Å². The molecule has 6 nitrogen and oxygen atoms in total. The summed E-state index contributed by atoms with van der Waals surface area (Å²) in [5.74, 6) is -0.459. The molecule has 0 aliphatic rings. The number of esters is 1. The summed E-state index contributed by atoms with van der Waals surface area (Å²) < 4.78 is 81.9. The monoisotopic (exact) mass is 639 g/mol. The molecule has 4 aromatic carbocycles. The highest BCUT2D eigenvalue weighted by atomic mass is 19.4. The first-order chi connectivity index (χ1) is 21.8. The predicted molar refractivity (Wildman–Crippen MR) is 167 cm³/mol. The summed E-state index contributed by atoms with van der Waals surface area (Å²) in [4.78, 5) is 12.5. The maximum atomic E-state index is 14.8. The van der Waals surface area contributed by atoms with Gasteiger partial charge in [0.1, 0.15) is 18.1 Å². The summed E-state index contributed by atoms with van der Waals surface area (Å²) in [6.07, 6.45) is -6.02. The van der Waals surface area contributed by atoms with Gasteiger partial charge in [-0.05, 0) is 114 Å². The lowest BCUT2D eigenvalue weighted by Gasteiger charge is -2.18. The number of ether oxygens (including phenoxy) is 3. The van der Waals surface area contributed by atoms with Crippen molar-refractivity contribution in [2.75, 3.05) is 18.1 Å². The van der Waals surface area contributed by atoms with E-state index in [-0.39, 0.29) is 31.8 Å². The van der Waals surface area contributed by atoms with Gasteiger partial charge in [0, 0.05) is 23.9 Å². The molecule has 4 rings (SSSR count). The van der Waals surface area contributed by atoms with Crippen molar-refractivity contribution in [2.45, 2.75) is 38.2 Å². The minimum Gasteiger partial charge on any atom is -0.494 e. The van der Waals surface area contributed by atoms with Gasteiger partial charge in [0.05, 0.1) is 12.2 Å². The Morgan fingerprint density at radius 2 is 1.41 bits per heavy atom. The molecule has 0 aliphatic heterocycles. The van der Waals surface area contributed by atoms with Crippen LogP contribution in [-0.4, -0.2) is 18.8 Å². The molecule has 0 unspecified atom stereocenters. The summed E-state index contributed by atoms with van der Waals surface area (Å²) >= 11 is 0. The largest absolute Gasteiger partial charge is 0.494 e. The minimum atomic E-state index is -4.21. The molecule has 0 amide bonds. The van der Waals surface area contributed by atoms with Gasteiger partial charge in [0.2, 0.25) is 0 Å². The first kappa shape index (κ1) is 33.8. The van der Waals surface area contributed by atoms with E-state index in [1.54, 1.807) is 24.3 Å². The number of benzene rings is 4. The first-order valence-corrected chi connectivity index (χ1v) is 14.2. The molecule has 0 aliphatic carbocycles. The van der Waals surface area contributed by atoms with Gasteiger partial charge in [-0.2, -0.15) is 22.0 Å². The number of hydrogen-bond donors (Lipinski definition) is 2. The van der Waals surface area contributed by atoms with E-state index in [2.05, 4.69) is 6.92 Å². The number of nitrogens with two attached hydrogens (primary N) is 2. The number of unbranched alkanes of at least 4 members (excludes halogenated alkanes) is 1. The topological polar surface area (TPSA) is 96.8 Å². The number of carbonyl (C=O) groups is 1. The second kappa shape index (κ2) is 14.8. The molecule has 11 heteroatoms. The summed E-state index contributed by atoms with van der Waals surface area (Å²) in [6, 6.07) is 21.1. The van der Waals surface area contributed by atoms with Crippen LogP contribution in [0.15, 0.2) is 91.0 Å². The molecule has 1 radical (unpaired) electrons. The highest BCUT2D eigenvalue weighted by Crippen LogP contribution is 2.33. The Morgan fingerprint density at radius 3 is 2.07 bits per heavy atom. The van der Waals surface area contributed by atoms with Crippen molar-refractivity contribution in [3.8, 4) is 22.6 Å². The van der Waals surface area contributed by atoms with Gasteiger partial charge in [-0.1, -0.05) is 24.3 Å². The fourth-order valence-corrected chi connectivity index (χ4v) is 4.45. The fraction of sp³-hybridized carbons (Fsp3) is 0.200. The first-order valence-electron chi connectivity index (χ1n) is 14.2. The third kappa shape index (κ3) is 9.98. The van der Waals surface area contributed by atoms with Gasteiger partial charge >= 0.3 is 18.3 Å². The quantitative estimate of drug-likeness (QED) is 0.0500. The lowest BCUT2D eigenvalue weighted by molar-refractivity contribution is -0.185. The molecular formula is C35H32F5N2O4. The number of hydrogen-bond acceptors (Lipinski definition) is 6. The molecule has 0 spiro atoms. The Kier molecular flexibility index (Phi) is 10.9. The number of rotatable bonds is 13. The van der Waals surface area contributed by atoms with Crippen molar-refractivity contribution in [3.05, 3.63) is 120 Å². The summed E-state index contributed by atoms with van der Waals surface area (Å²) in [5, 5.41) is 0. The van der Waals surface area contributed by atoms with E-state index < -0.39 is 30.2 Å². The van der Waals surface area contributed by atoms with Crippen molar-refractivity contribution in [2.24, 2.45) is 0 Å². The Hall–Kier alpha value is -5.06. The molecule has 4 aromatic rings. The van der Waals surface area contributed by atoms with Crippen LogP contribution >= 0.6 is 0 Å². The van der Waals surface area contributed by atoms with Crippen LogP contribution in [0.5, 0.6) is 11.5 Å². The van der Waals surface area contributed by atoms with Crippen LogP contribution in [-0.2, 0) is 22.2 Å². The van der Waals surface area contributed by atoms with Crippen LogP contribution in [0, 0.1) is 6.92 Å². The van der Waals surface area contributed by atoms with E-state index in [0.29, 0.717) is 33.8 Å². The van der Waals surface area contributed by atoms with Crippen molar-refractivity contribution < 1.29 is 41.0 Å². The minimum absolute atomic E-state index is 0.0646. The third-order valence-electron chi connectivity index (χ3n) is 6.77. The van der Waals surface area contributed by atoms with E-state index >= 15 is 0 Å². The Balaban J connectivity index is 1.29. The fourth-order valence-electron chi connectivity index (χ4n) is 4.45. The van der Waals surface area contributed by atoms with Crippen molar-refractivity contribution >= 4 is 23.4 Å². The van der Waals surface area contributed by atoms with Crippen LogP contribution in [0.25, 0.3) is 17.2 Å². The lowest BCUT2D eigenvalue weighted by Crippen LogP contribution is -2.21. The number of carbonyl (C=O) groups excluding carboxylic acids is 1. The lowest BCUT2D eigenvalue weighted by atomic mass is 9.95. The average Bonchev–Trinajstić information content (AvgIpc) is 2.99. The molecule has 0 saturated heterocycles. The molecule has 4 N–H and O–H groups in total. The number of nitrogen functional groups attached to an aromatic ring is 2. The highest BCUT2D eigenvalue weighted by Gasteiger charge is 2.34. The van der Waals surface area contributed by atoms with E-state index in [1.807, 2.05) is 12.1 Å². The Bertz CT molecular complexity index is 1650. The van der Waals surface area contributed by atoms with Gasteiger partial charge in [0.15, 0.2) is 0 Å². The van der Waals surface area contributed by atoms with Crippen LogP contribution in [0.1, 0.15) is 41.5 Å². The molecule has 0 fully saturated rings. The zero-order valence-corrected chi connectivity index (χ0v) is 24.7. The summed E-state index contributed by atoms with van der Waals surface area (Å²) in [6.45, 7) is 4.03. The zero-order chi connectivity index (χ0) is 33.3. The standard InChI is InChI=1S/C35H32F5N2O4/c1-23-20-27(41)9-15-31(23)32-16-10-28(42)21-25(32)22-45-33(43)17-6-24-4-7-26(8-5-24)35(39,40)46-30-13-11-29(12-14-30)44-19-3-2-18-34(36,37)38/h4-17,20-21H,1-3,18-19,22,41-42H2/b17-6+. The molecule has 241 valence electrons. The maximum absolute atomic E-state index is 14.8. The molecule has 0 bridgehead atoms.